The second kappa shape index (κ2) is 6.51. The number of hydrogen-bond donors (Lipinski definition) is 0. The van der Waals surface area contributed by atoms with Gasteiger partial charge in [-0.3, -0.25) is 4.79 Å². The van der Waals surface area contributed by atoms with Gasteiger partial charge in [-0.1, -0.05) is 11.6 Å². The smallest absolute Gasteiger partial charge is 0.274 e. The van der Waals surface area contributed by atoms with Crippen LogP contribution in [-0.4, -0.2) is 47.1 Å². The molecule has 0 spiro atoms. The molecule has 0 aliphatic heterocycles. The number of amides is 1. The molecule has 1 rings (SSSR count). The highest BCUT2D eigenvalue weighted by molar-refractivity contribution is 6.29. The average molecular weight is 258 g/mol. The number of rotatable bonds is 5. The van der Waals surface area contributed by atoms with E-state index >= 15 is 0 Å². The van der Waals surface area contributed by atoms with E-state index in [1.807, 2.05) is 13.8 Å². The summed E-state index contributed by atoms with van der Waals surface area (Å²) in [5, 5.41) is 0.273. The van der Waals surface area contributed by atoms with Crippen LogP contribution in [0.1, 0.15) is 24.3 Å². The van der Waals surface area contributed by atoms with E-state index in [2.05, 4.69) is 9.97 Å². The zero-order chi connectivity index (χ0) is 12.8. The number of halogens is 1. The lowest BCUT2D eigenvalue weighted by Gasteiger charge is -2.25. The average Bonchev–Trinajstić information content (AvgIpc) is 2.29. The van der Waals surface area contributed by atoms with E-state index in [0.29, 0.717) is 18.8 Å². The van der Waals surface area contributed by atoms with Crippen LogP contribution in [0.25, 0.3) is 0 Å². The van der Waals surface area contributed by atoms with Crippen LogP contribution >= 0.6 is 11.6 Å². The van der Waals surface area contributed by atoms with Crippen molar-refractivity contribution in [1.82, 2.24) is 14.9 Å². The Balaban J connectivity index is 2.80. The van der Waals surface area contributed by atoms with Crippen molar-refractivity contribution in [1.29, 1.82) is 0 Å². The summed E-state index contributed by atoms with van der Waals surface area (Å²) >= 11 is 5.62. The van der Waals surface area contributed by atoms with Crippen molar-refractivity contribution in [3.63, 3.8) is 0 Å². The van der Waals surface area contributed by atoms with Crippen LogP contribution in [0.2, 0.25) is 5.15 Å². The first kappa shape index (κ1) is 13.9. The summed E-state index contributed by atoms with van der Waals surface area (Å²) in [5.74, 6) is -0.166. The van der Waals surface area contributed by atoms with Gasteiger partial charge in [-0.05, 0) is 13.8 Å². The van der Waals surface area contributed by atoms with Gasteiger partial charge in [0.15, 0.2) is 0 Å². The van der Waals surface area contributed by atoms with E-state index in [4.69, 9.17) is 16.3 Å². The summed E-state index contributed by atoms with van der Waals surface area (Å²) in [6.07, 6.45) is 2.75. The van der Waals surface area contributed by atoms with Crippen LogP contribution < -0.4 is 0 Å². The Labute approximate surface area is 106 Å². The second-order valence-corrected chi connectivity index (χ2v) is 4.20. The predicted molar refractivity (Wildman–Crippen MR) is 65.1 cm³/mol. The summed E-state index contributed by atoms with van der Waals surface area (Å²) < 4.78 is 4.98. The molecule has 0 saturated heterocycles. The Kier molecular flexibility index (Phi) is 5.31. The van der Waals surface area contributed by atoms with Crippen molar-refractivity contribution in [3.05, 3.63) is 23.2 Å². The molecule has 1 aromatic rings. The third-order valence-electron chi connectivity index (χ3n) is 2.26. The fourth-order valence-electron chi connectivity index (χ4n) is 1.35. The van der Waals surface area contributed by atoms with Crippen molar-refractivity contribution >= 4 is 17.5 Å². The lowest BCUT2D eigenvalue weighted by atomic mass is 10.2. The fraction of sp³-hybridized carbons (Fsp3) is 0.545. The van der Waals surface area contributed by atoms with Gasteiger partial charge in [-0.15, -0.1) is 0 Å². The highest BCUT2D eigenvalue weighted by atomic mass is 35.5. The van der Waals surface area contributed by atoms with Gasteiger partial charge in [-0.25, -0.2) is 9.97 Å². The maximum Gasteiger partial charge on any atom is 0.274 e. The maximum atomic E-state index is 12.1. The van der Waals surface area contributed by atoms with E-state index < -0.39 is 0 Å². The van der Waals surface area contributed by atoms with E-state index in [-0.39, 0.29) is 17.1 Å². The number of carbonyl (C=O) groups is 1. The van der Waals surface area contributed by atoms with Gasteiger partial charge < -0.3 is 9.64 Å². The van der Waals surface area contributed by atoms with E-state index in [1.165, 1.54) is 12.4 Å². The molecule has 0 N–H and O–H groups in total. The molecule has 5 nitrogen and oxygen atoms in total. The Morgan fingerprint density at radius 1 is 1.47 bits per heavy atom. The zero-order valence-electron chi connectivity index (χ0n) is 10.2. The molecule has 6 heteroatoms. The molecule has 1 amide bonds. The molecule has 94 valence electrons. The summed E-state index contributed by atoms with van der Waals surface area (Å²) in [4.78, 5) is 21.6. The number of methoxy groups -OCH3 is 1. The molecule has 0 radical (unpaired) electrons. The van der Waals surface area contributed by atoms with Crippen LogP contribution in [0.4, 0.5) is 0 Å². The third-order valence-corrected chi connectivity index (χ3v) is 2.46. The molecule has 0 aromatic carbocycles. The van der Waals surface area contributed by atoms with Crippen LogP contribution in [-0.2, 0) is 4.74 Å². The summed E-state index contributed by atoms with van der Waals surface area (Å²) in [6, 6.07) is 0.0788. The standard InChI is InChI=1S/C11H16ClN3O2/c1-8(2)15(4-5-17-3)11(16)9-6-14-10(12)7-13-9/h6-8H,4-5H2,1-3H3. The van der Waals surface area contributed by atoms with Crippen molar-refractivity contribution in [3.8, 4) is 0 Å². The van der Waals surface area contributed by atoms with E-state index in [9.17, 15) is 4.79 Å². The summed E-state index contributed by atoms with van der Waals surface area (Å²) in [7, 11) is 1.60. The highest BCUT2D eigenvalue weighted by Crippen LogP contribution is 2.07. The molecular formula is C11H16ClN3O2. The van der Waals surface area contributed by atoms with Gasteiger partial charge in [0.05, 0.1) is 19.0 Å². The monoisotopic (exact) mass is 257 g/mol. The summed E-state index contributed by atoms with van der Waals surface area (Å²) in [6.45, 7) is 4.90. The third kappa shape index (κ3) is 3.94. The lowest BCUT2D eigenvalue weighted by molar-refractivity contribution is 0.0628. The number of carbonyl (C=O) groups excluding carboxylic acids is 1. The number of ether oxygens (including phenoxy) is 1. The fourth-order valence-corrected chi connectivity index (χ4v) is 1.45. The largest absolute Gasteiger partial charge is 0.383 e. The molecule has 0 aliphatic carbocycles. The minimum absolute atomic E-state index is 0.0788. The van der Waals surface area contributed by atoms with Crippen LogP contribution in [0.5, 0.6) is 0 Å². The second-order valence-electron chi connectivity index (χ2n) is 3.81. The SMILES string of the molecule is COCCN(C(=O)c1cnc(Cl)cn1)C(C)C. The van der Waals surface area contributed by atoms with Gasteiger partial charge in [0.25, 0.3) is 5.91 Å². The van der Waals surface area contributed by atoms with E-state index in [1.54, 1.807) is 12.0 Å². The van der Waals surface area contributed by atoms with E-state index in [0.717, 1.165) is 0 Å². The predicted octanol–water partition coefficient (Wildman–Crippen LogP) is 1.63. The van der Waals surface area contributed by atoms with Gasteiger partial charge in [0, 0.05) is 19.7 Å². The Morgan fingerprint density at radius 3 is 2.65 bits per heavy atom. The van der Waals surface area contributed by atoms with Crippen molar-refractivity contribution in [2.24, 2.45) is 0 Å². The topological polar surface area (TPSA) is 55.3 Å². The minimum Gasteiger partial charge on any atom is -0.383 e. The summed E-state index contributed by atoms with van der Waals surface area (Å²) in [5.41, 5.74) is 0.291. The number of nitrogens with zero attached hydrogens (tertiary/aromatic N) is 3. The van der Waals surface area contributed by atoms with Crippen LogP contribution in [0, 0.1) is 0 Å². The van der Waals surface area contributed by atoms with Crippen LogP contribution in [0.3, 0.4) is 0 Å². The molecule has 17 heavy (non-hydrogen) atoms. The minimum atomic E-state index is -0.166. The van der Waals surface area contributed by atoms with Crippen molar-refractivity contribution < 1.29 is 9.53 Å². The highest BCUT2D eigenvalue weighted by Gasteiger charge is 2.19. The van der Waals surface area contributed by atoms with Gasteiger partial charge in [-0.2, -0.15) is 0 Å². The van der Waals surface area contributed by atoms with Crippen LogP contribution in [0.15, 0.2) is 12.4 Å². The molecule has 0 saturated carbocycles. The molecule has 0 unspecified atom stereocenters. The van der Waals surface area contributed by atoms with Gasteiger partial charge in [0.1, 0.15) is 10.8 Å². The first-order chi connectivity index (χ1) is 8.06. The maximum absolute atomic E-state index is 12.1. The van der Waals surface area contributed by atoms with Gasteiger partial charge in [0.2, 0.25) is 0 Å². The van der Waals surface area contributed by atoms with Crippen molar-refractivity contribution in [2.45, 2.75) is 19.9 Å². The van der Waals surface area contributed by atoms with Gasteiger partial charge >= 0.3 is 0 Å². The lowest BCUT2D eigenvalue weighted by Crippen LogP contribution is -2.39. The Morgan fingerprint density at radius 2 is 2.18 bits per heavy atom. The normalized spacial score (nSPS) is 10.6. The molecule has 0 fully saturated rings. The zero-order valence-corrected chi connectivity index (χ0v) is 10.9. The molecule has 0 aliphatic rings. The van der Waals surface area contributed by atoms with Crippen molar-refractivity contribution in [2.75, 3.05) is 20.3 Å². The first-order valence-electron chi connectivity index (χ1n) is 5.33. The number of aromatic nitrogens is 2. The number of hydrogen-bond acceptors (Lipinski definition) is 4. The molecule has 1 aromatic heterocycles. The first-order valence-corrected chi connectivity index (χ1v) is 5.71. The molecule has 1 heterocycles. The Bertz CT molecular complexity index is 367. The quantitative estimate of drug-likeness (QED) is 0.805. The molecule has 0 bridgehead atoms. The Hall–Kier alpha value is -1.20. The molecule has 0 atom stereocenters. The molecular weight excluding hydrogens is 242 g/mol.